The SMILES string of the molecule is CCCCC/C=C\C/C=C\C/C=C\CCCCCCC(CC(=O)NC(CO)C(O)CCCCCCCCCCCCCC)OC(=O)CCCCCCCC/C=C/C=C/CCCCC. The van der Waals surface area contributed by atoms with Crippen molar-refractivity contribution in [1.82, 2.24) is 5.32 Å². The van der Waals surface area contributed by atoms with Crippen LogP contribution >= 0.6 is 0 Å². The molecule has 6 heteroatoms. The predicted molar refractivity (Wildman–Crippen MR) is 273 cm³/mol. The Morgan fingerprint density at radius 1 is 0.476 bits per heavy atom. The molecule has 6 nitrogen and oxygen atoms in total. The number of hydrogen-bond acceptors (Lipinski definition) is 5. The van der Waals surface area contributed by atoms with Crippen molar-refractivity contribution in [3.63, 3.8) is 0 Å². The molecule has 0 bridgehead atoms. The number of carbonyl (C=O) groups is 2. The van der Waals surface area contributed by atoms with Gasteiger partial charge in [-0.25, -0.2) is 0 Å². The van der Waals surface area contributed by atoms with Crippen molar-refractivity contribution in [1.29, 1.82) is 0 Å². The van der Waals surface area contributed by atoms with Gasteiger partial charge < -0.3 is 20.3 Å². The first kappa shape index (κ1) is 60.6. The summed E-state index contributed by atoms with van der Waals surface area (Å²) in [6.45, 7) is 6.42. The molecular formula is C57H103NO5. The van der Waals surface area contributed by atoms with Crippen LogP contribution in [0.25, 0.3) is 0 Å². The lowest BCUT2D eigenvalue weighted by Crippen LogP contribution is -2.46. The molecule has 366 valence electrons. The molecule has 0 rings (SSSR count). The minimum atomic E-state index is -0.797. The average molecular weight is 882 g/mol. The van der Waals surface area contributed by atoms with E-state index in [2.05, 4.69) is 86.8 Å². The zero-order valence-corrected chi connectivity index (χ0v) is 41.7. The highest BCUT2D eigenvalue weighted by molar-refractivity contribution is 5.77. The van der Waals surface area contributed by atoms with Crippen LogP contribution in [-0.4, -0.2) is 46.9 Å². The number of hydrogen-bond donors (Lipinski definition) is 3. The van der Waals surface area contributed by atoms with E-state index < -0.39 is 18.2 Å². The molecule has 63 heavy (non-hydrogen) atoms. The summed E-state index contributed by atoms with van der Waals surface area (Å²) in [5.74, 6) is -0.505. The van der Waals surface area contributed by atoms with Gasteiger partial charge in [0.1, 0.15) is 6.10 Å². The Kier molecular flexibility index (Phi) is 48.6. The van der Waals surface area contributed by atoms with Crippen LogP contribution in [0.5, 0.6) is 0 Å². The molecule has 0 aromatic rings. The minimum Gasteiger partial charge on any atom is -0.462 e. The van der Waals surface area contributed by atoms with Gasteiger partial charge in [0.05, 0.1) is 25.2 Å². The van der Waals surface area contributed by atoms with E-state index in [0.29, 0.717) is 19.3 Å². The van der Waals surface area contributed by atoms with Gasteiger partial charge in [0.2, 0.25) is 5.91 Å². The van der Waals surface area contributed by atoms with Crippen molar-refractivity contribution in [2.24, 2.45) is 0 Å². The summed E-state index contributed by atoms with van der Waals surface area (Å²) in [5, 5.41) is 23.8. The summed E-state index contributed by atoms with van der Waals surface area (Å²) in [6.07, 6.45) is 62.7. The van der Waals surface area contributed by atoms with E-state index in [1.807, 2.05) is 0 Å². The number of nitrogens with one attached hydrogen (secondary N) is 1. The monoisotopic (exact) mass is 882 g/mol. The molecular weight excluding hydrogens is 779 g/mol. The van der Waals surface area contributed by atoms with Gasteiger partial charge in [0.25, 0.3) is 0 Å². The highest BCUT2D eigenvalue weighted by atomic mass is 16.5. The van der Waals surface area contributed by atoms with E-state index in [1.54, 1.807) is 0 Å². The summed E-state index contributed by atoms with van der Waals surface area (Å²) in [5.41, 5.74) is 0. The molecule has 0 saturated heterocycles. The Balaban J connectivity index is 4.66. The van der Waals surface area contributed by atoms with Crippen molar-refractivity contribution in [2.75, 3.05) is 6.61 Å². The number of esters is 1. The van der Waals surface area contributed by atoms with E-state index in [4.69, 9.17) is 4.74 Å². The number of allylic oxidation sites excluding steroid dienone is 10. The number of amides is 1. The highest BCUT2D eigenvalue weighted by Gasteiger charge is 2.24. The summed E-state index contributed by atoms with van der Waals surface area (Å²) in [4.78, 5) is 26.2. The summed E-state index contributed by atoms with van der Waals surface area (Å²) in [6, 6.07) is -0.713. The fourth-order valence-electron chi connectivity index (χ4n) is 7.96. The third-order valence-electron chi connectivity index (χ3n) is 12.1. The van der Waals surface area contributed by atoms with Gasteiger partial charge in [0, 0.05) is 6.42 Å². The van der Waals surface area contributed by atoms with E-state index in [9.17, 15) is 19.8 Å². The summed E-state index contributed by atoms with van der Waals surface area (Å²) < 4.78 is 5.93. The van der Waals surface area contributed by atoms with Gasteiger partial charge in [-0.3, -0.25) is 9.59 Å². The highest BCUT2D eigenvalue weighted by Crippen LogP contribution is 2.17. The van der Waals surface area contributed by atoms with Gasteiger partial charge >= 0.3 is 5.97 Å². The fourth-order valence-corrected chi connectivity index (χ4v) is 7.96. The molecule has 0 spiro atoms. The zero-order chi connectivity index (χ0) is 45.9. The number of aliphatic hydroxyl groups excluding tert-OH is 2. The largest absolute Gasteiger partial charge is 0.462 e. The first-order valence-electron chi connectivity index (χ1n) is 27.0. The molecule has 0 aliphatic carbocycles. The Morgan fingerprint density at radius 2 is 0.857 bits per heavy atom. The molecule has 0 radical (unpaired) electrons. The molecule has 0 heterocycles. The molecule has 0 aromatic heterocycles. The molecule has 0 aromatic carbocycles. The molecule has 0 aliphatic rings. The Bertz CT molecular complexity index is 1130. The van der Waals surface area contributed by atoms with E-state index in [-0.39, 0.29) is 24.9 Å². The maximum absolute atomic E-state index is 13.2. The number of ether oxygens (including phenoxy) is 1. The number of aliphatic hydroxyl groups is 2. The average Bonchev–Trinajstić information content (AvgIpc) is 3.28. The van der Waals surface area contributed by atoms with Crippen LogP contribution in [0.1, 0.15) is 265 Å². The lowest BCUT2D eigenvalue weighted by molar-refractivity contribution is -0.151. The normalized spacial score (nSPS) is 13.7. The molecule has 0 aliphatic heterocycles. The lowest BCUT2D eigenvalue weighted by atomic mass is 10.0. The van der Waals surface area contributed by atoms with Crippen LogP contribution in [0.15, 0.2) is 60.8 Å². The van der Waals surface area contributed by atoms with Crippen molar-refractivity contribution >= 4 is 11.9 Å². The van der Waals surface area contributed by atoms with Gasteiger partial charge in [-0.15, -0.1) is 0 Å². The number of rotatable bonds is 48. The van der Waals surface area contributed by atoms with Gasteiger partial charge in [-0.1, -0.05) is 223 Å². The topological polar surface area (TPSA) is 95.9 Å². The second kappa shape index (κ2) is 50.6. The van der Waals surface area contributed by atoms with Crippen molar-refractivity contribution in [3.05, 3.63) is 60.8 Å². The second-order valence-electron chi connectivity index (χ2n) is 18.3. The third kappa shape index (κ3) is 45.9. The predicted octanol–water partition coefficient (Wildman–Crippen LogP) is 16.4. The van der Waals surface area contributed by atoms with Gasteiger partial charge in [0.15, 0.2) is 0 Å². The fraction of sp³-hybridized carbons (Fsp3) is 0.789. The third-order valence-corrected chi connectivity index (χ3v) is 12.1. The molecule has 1 amide bonds. The molecule has 0 saturated carbocycles. The maximum Gasteiger partial charge on any atom is 0.306 e. The quantitative estimate of drug-likeness (QED) is 0.0245. The lowest BCUT2D eigenvalue weighted by Gasteiger charge is -2.24. The molecule has 3 unspecified atom stereocenters. The van der Waals surface area contributed by atoms with Gasteiger partial charge in [-0.2, -0.15) is 0 Å². The molecule has 3 N–H and O–H groups in total. The van der Waals surface area contributed by atoms with E-state index in [0.717, 1.165) is 89.9 Å². The summed E-state index contributed by atoms with van der Waals surface area (Å²) >= 11 is 0. The summed E-state index contributed by atoms with van der Waals surface area (Å²) in [7, 11) is 0. The number of unbranched alkanes of at least 4 members (excludes halogenated alkanes) is 27. The number of carbonyl (C=O) groups excluding carboxylic acids is 2. The van der Waals surface area contributed by atoms with Crippen molar-refractivity contribution in [2.45, 2.75) is 283 Å². The molecule has 0 fully saturated rings. The minimum absolute atomic E-state index is 0.0571. The first-order valence-corrected chi connectivity index (χ1v) is 27.0. The van der Waals surface area contributed by atoms with Crippen LogP contribution < -0.4 is 5.32 Å². The first-order chi connectivity index (χ1) is 31.0. The van der Waals surface area contributed by atoms with Crippen LogP contribution in [0, 0.1) is 0 Å². The molecule has 3 atom stereocenters. The van der Waals surface area contributed by atoms with Crippen LogP contribution in [-0.2, 0) is 14.3 Å². The van der Waals surface area contributed by atoms with E-state index in [1.165, 1.54) is 128 Å². The Hall–Kier alpha value is -2.44. The van der Waals surface area contributed by atoms with Crippen molar-refractivity contribution in [3.8, 4) is 0 Å². The second-order valence-corrected chi connectivity index (χ2v) is 18.3. The Labute approximate surface area is 390 Å². The van der Waals surface area contributed by atoms with Crippen LogP contribution in [0.4, 0.5) is 0 Å². The Morgan fingerprint density at radius 3 is 1.35 bits per heavy atom. The smallest absolute Gasteiger partial charge is 0.306 e. The standard InChI is InChI=1S/C57H103NO5/c1-4-7-10-13-16-19-22-25-27-28-30-31-33-36-39-42-45-48-53(63-57(62)50-47-44-41-38-35-32-29-26-23-20-17-14-11-8-5-2)51-56(61)58-54(52-59)55(60)49-46-43-40-37-34-24-21-18-15-12-9-6-3/h16-17,19-20,23,25-27,30-31,53-55,59-60H,4-15,18,21-22,24,28-29,32-52H2,1-3H3,(H,58,61)/b19-16-,20-17+,26-23+,27-25-,31-30-. The van der Waals surface area contributed by atoms with E-state index >= 15 is 0 Å². The van der Waals surface area contributed by atoms with Gasteiger partial charge in [-0.05, 0) is 89.9 Å². The van der Waals surface area contributed by atoms with Crippen LogP contribution in [0.2, 0.25) is 0 Å². The van der Waals surface area contributed by atoms with Crippen molar-refractivity contribution < 1.29 is 24.5 Å². The zero-order valence-electron chi connectivity index (χ0n) is 41.7. The van der Waals surface area contributed by atoms with Crippen LogP contribution in [0.3, 0.4) is 0 Å². The maximum atomic E-state index is 13.2.